The van der Waals surface area contributed by atoms with Crippen LogP contribution in [0.5, 0.6) is 0 Å². The Bertz CT molecular complexity index is 549. The van der Waals surface area contributed by atoms with Crippen LogP contribution in [0, 0.1) is 0 Å². The monoisotopic (exact) mass is 257 g/mol. The lowest BCUT2D eigenvalue weighted by Gasteiger charge is -2.06. The third-order valence-corrected chi connectivity index (χ3v) is 3.01. The van der Waals surface area contributed by atoms with Gasteiger partial charge in [0.05, 0.1) is 0 Å². The van der Waals surface area contributed by atoms with Gasteiger partial charge >= 0.3 is 0 Å². The van der Waals surface area contributed by atoms with E-state index >= 15 is 0 Å². The molecule has 1 amide bonds. The molecular formula is C15H15NOS. The Hall–Kier alpha value is -1.74. The number of thiol groups is 1. The first kappa shape index (κ1) is 12.7. The van der Waals surface area contributed by atoms with Crippen LogP contribution in [0.25, 0.3) is 0 Å². The predicted octanol–water partition coefficient (Wildman–Crippen LogP) is 3.79. The van der Waals surface area contributed by atoms with Crippen molar-refractivity contribution in [2.45, 2.75) is 18.2 Å². The van der Waals surface area contributed by atoms with Crippen LogP contribution >= 0.6 is 12.6 Å². The van der Waals surface area contributed by atoms with Gasteiger partial charge in [-0.3, -0.25) is 4.79 Å². The van der Waals surface area contributed by atoms with Crippen molar-refractivity contribution in [3.8, 4) is 0 Å². The average molecular weight is 257 g/mol. The number of anilines is 1. The maximum Gasteiger partial charge on any atom is 0.255 e. The minimum atomic E-state index is -0.116. The van der Waals surface area contributed by atoms with Gasteiger partial charge < -0.3 is 5.32 Å². The molecule has 0 heterocycles. The summed E-state index contributed by atoms with van der Waals surface area (Å²) >= 11 is 4.22. The number of nitrogens with one attached hydrogen (secondary N) is 1. The lowest BCUT2D eigenvalue weighted by molar-refractivity contribution is 0.102. The highest BCUT2D eigenvalue weighted by molar-refractivity contribution is 7.80. The summed E-state index contributed by atoms with van der Waals surface area (Å²) in [5, 5.41) is 2.86. The van der Waals surface area contributed by atoms with Crippen LogP contribution in [0.2, 0.25) is 0 Å². The molecule has 0 radical (unpaired) electrons. The van der Waals surface area contributed by atoms with Gasteiger partial charge in [-0.1, -0.05) is 25.1 Å². The van der Waals surface area contributed by atoms with Crippen LogP contribution in [0.1, 0.15) is 22.8 Å². The molecule has 2 rings (SSSR count). The largest absolute Gasteiger partial charge is 0.322 e. The lowest BCUT2D eigenvalue weighted by Crippen LogP contribution is -2.11. The highest BCUT2D eigenvalue weighted by Gasteiger charge is 2.05. The molecular weight excluding hydrogens is 242 g/mol. The zero-order valence-corrected chi connectivity index (χ0v) is 11.1. The van der Waals surface area contributed by atoms with Crippen molar-refractivity contribution in [1.29, 1.82) is 0 Å². The highest BCUT2D eigenvalue weighted by atomic mass is 32.1. The predicted molar refractivity (Wildman–Crippen MR) is 77.5 cm³/mol. The van der Waals surface area contributed by atoms with Crippen molar-refractivity contribution >= 4 is 24.2 Å². The van der Waals surface area contributed by atoms with Crippen LogP contribution in [0.15, 0.2) is 53.4 Å². The summed E-state index contributed by atoms with van der Waals surface area (Å²) in [5.74, 6) is -0.116. The van der Waals surface area contributed by atoms with E-state index in [0.29, 0.717) is 5.56 Å². The van der Waals surface area contributed by atoms with Crippen molar-refractivity contribution < 1.29 is 4.79 Å². The van der Waals surface area contributed by atoms with E-state index < -0.39 is 0 Å². The van der Waals surface area contributed by atoms with Gasteiger partial charge in [-0.25, -0.2) is 0 Å². The summed E-state index contributed by atoms with van der Waals surface area (Å²) in [6, 6.07) is 15.1. The van der Waals surface area contributed by atoms with Gasteiger partial charge in [0.25, 0.3) is 5.91 Å². The zero-order chi connectivity index (χ0) is 13.0. The van der Waals surface area contributed by atoms with E-state index in [1.165, 1.54) is 5.56 Å². The fourth-order valence-electron chi connectivity index (χ4n) is 1.67. The van der Waals surface area contributed by atoms with Crippen LogP contribution < -0.4 is 5.32 Å². The second kappa shape index (κ2) is 5.74. The summed E-state index contributed by atoms with van der Waals surface area (Å²) in [6.45, 7) is 2.10. The Labute approximate surface area is 112 Å². The van der Waals surface area contributed by atoms with Crippen LogP contribution in [0.4, 0.5) is 5.69 Å². The standard InChI is InChI=1S/C15H15NOS/c1-2-11-6-8-13(9-7-11)16-15(17)12-4-3-5-14(18)10-12/h3-10,18H,2H2,1H3,(H,16,17). The Kier molecular flexibility index (Phi) is 4.05. The second-order valence-electron chi connectivity index (χ2n) is 4.05. The summed E-state index contributed by atoms with van der Waals surface area (Å²) in [5.41, 5.74) is 2.68. The van der Waals surface area contributed by atoms with Gasteiger partial charge in [-0.2, -0.15) is 0 Å². The SMILES string of the molecule is CCc1ccc(NC(=O)c2cccc(S)c2)cc1. The van der Waals surface area contributed by atoms with Crippen molar-refractivity contribution in [3.05, 3.63) is 59.7 Å². The second-order valence-corrected chi connectivity index (χ2v) is 4.57. The van der Waals surface area contributed by atoms with Crippen LogP contribution in [0.3, 0.4) is 0 Å². The van der Waals surface area contributed by atoms with Gasteiger partial charge in [0.2, 0.25) is 0 Å². The maximum absolute atomic E-state index is 12.0. The molecule has 0 aliphatic carbocycles. The normalized spacial score (nSPS) is 10.1. The number of hydrogen-bond donors (Lipinski definition) is 2. The third kappa shape index (κ3) is 3.14. The van der Waals surface area contributed by atoms with E-state index in [1.807, 2.05) is 36.4 Å². The number of rotatable bonds is 3. The molecule has 0 fully saturated rings. The third-order valence-electron chi connectivity index (χ3n) is 2.73. The van der Waals surface area contributed by atoms with E-state index in [2.05, 4.69) is 24.9 Å². The lowest BCUT2D eigenvalue weighted by atomic mass is 10.1. The molecule has 2 aromatic rings. The van der Waals surface area contributed by atoms with E-state index in [-0.39, 0.29) is 5.91 Å². The van der Waals surface area contributed by atoms with Crippen molar-refractivity contribution in [2.24, 2.45) is 0 Å². The van der Waals surface area contributed by atoms with E-state index in [9.17, 15) is 4.79 Å². The molecule has 0 aromatic heterocycles. The van der Waals surface area contributed by atoms with Gasteiger partial charge in [0.15, 0.2) is 0 Å². The molecule has 0 bridgehead atoms. The first-order chi connectivity index (χ1) is 8.69. The summed E-state index contributed by atoms with van der Waals surface area (Å²) < 4.78 is 0. The molecule has 1 N–H and O–H groups in total. The molecule has 0 spiro atoms. The number of benzene rings is 2. The van der Waals surface area contributed by atoms with E-state index in [4.69, 9.17) is 0 Å². The molecule has 2 aromatic carbocycles. The number of amides is 1. The van der Waals surface area contributed by atoms with Crippen LogP contribution in [-0.2, 0) is 6.42 Å². The first-order valence-corrected chi connectivity index (χ1v) is 6.33. The molecule has 3 heteroatoms. The quantitative estimate of drug-likeness (QED) is 0.805. The van der Waals surface area contributed by atoms with Crippen molar-refractivity contribution in [3.63, 3.8) is 0 Å². The summed E-state index contributed by atoms with van der Waals surface area (Å²) in [6.07, 6.45) is 0.996. The molecule has 0 aliphatic heterocycles. The number of hydrogen-bond acceptors (Lipinski definition) is 2. The molecule has 2 nitrogen and oxygen atoms in total. The number of carbonyl (C=O) groups excluding carboxylic acids is 1. The summed E-state index contributed by atoms with van der Waals surface area (Å²) in [7, 11) is 0. The number of carbonyl (C=O) groups is 1. The number of aryl methyl sites for hydroxylation is 1. The molecule has 92 valence electrons. The smallest absolute Gasteiger partial charge is 0.255 e. The molecule has 18 heavy (non-hydrogen) atoms. The Morgan fingerprint density at radius 1 is 1.17 bits per heavy atom. The highest BCUT2D eigenvalue weighted by Crippen LogP contribution is 2.13. The average Bonchev–Trinajstić information content (AvgIpc) is 2.39. The van der Waals surface area contributed by atoms with Crippen molar-refractivity contribution in [1.82, 2.24) is 0 Å². The Morgan fingerprint density at radius 3 is 2.50 bits per heavy atom. The summed E-state index contributed by atoms with van der Waals surface area (Å²) in [4.78, 5) is 12.8. The van der Waals surface area contributed by atoms with E-state index in [1.54, 1.807) is 12.1 Å². The molecule has 0 saturated carbocycles. The topological polar surface area (TPSA) is 29.1 Å². The fraction of sp³-hybridized carbons (Fsp3) is 0.133. The van der Waals surface area contributed by atoms with Gasteiger partial charge in [0, 0.05) is 16.1 Å². The van der Waals surface area contributed by atoms with E-state index in [0.717, 1.165) is 17.0 Å². The minimum absolute atomic E-state index is 0.116. The Morgan fingerprint density at radius 2 is 1.89 bits per heavy atom. The van der Waals surface area contributed by atoms with Gasteiger partial charge in [-0.15, -0.1) is 12.6 Å². The molecule has 0 aliphatic rings. The Balaban J connectivity index is 2.11. The van der Waals surface area contributed by atoms with Crippen LogP contribution in [-0.4, -0.2) is 5.91 Å². The van der Waals surface area contributed by atoms with Gasteiger partial charge in [0.1, 0.15) is 0 Å². The minimum Gasteiger partial charge on any atom is -0.322 e. The zero-order valence-electron chi connectivity index (χ0n) is 10.2. The maximum atomic E-state index is 12.0. The molecule has 0 unspecified atom stereocenters. The molecule has 0 saturated heterocycles. The first-order valence-electron chi connectivity index (χ1n) is 5.88. The molecule has 0 atom stereocenters. The van der Waals surface area contributed by atoms with Crippen molar-refractivity contribution in [2.75, 3.05) is 5.32 Å². The fourth-order valence-corrected chi connectivity index (χ4v) is 1.90. The van der Waals surface area contributed by atoms with Gasteiger partial charge in [-0.05, 0) is 42.3 Å².